The summed E-state index contributed by atoms with van der Waals surface area (Å²) in [5.74, 6) is 0.801. The van der Waals surface area contributed by atoms with Crippen LogP contribution in [0.25, 0.3) is 0 Å². The molecular formula is C19H24N2. The second kappa shape index (κ2) is 4.28. The lowest BCUT2D eigenvalue weighted by atomic mass is 9.70. The lowest BCUT2D eigenvalue weighted by molar-refractivity contribution is 0.197. The Hall–Kier alpha value is -1.44. The zero-order chi connectivity index (χ0) is 13.9. The van der Waals surface area contributed by atoms with Crippen LogP contribution in [0.2, 0.25) is 0 Å². The number of hydrogen-bond donors (Lipinski definition) is 1. The molecule has 0 aromatic heterocycles. The molecule has 0 radical (unpaired) electrons. The van der Waals surface area contributed by atoms with Crippen LogP contribution in [0, 0.1) is 5.92 Å². The number of hydrogen-bond acceptors (Lipinski definition) is 2. The van der Waals surface area contributed by atoms with E-state index in [0.29, 0.717) is 0 Å². The predicted molar refractivity (Wildman–Crippen MR) is 87.3 cm³/mol. The number of nitrogens with one attached hydrogen (secondary N) is 1. The van der Waals surface area contributed by atoms with Crippen molar-refractivity contribution in [3.63, 3.8) is 0 Å². The van der Waals surface area contributed by atoms with Crippen molar-refractivity contribution in [1.82, 2.24) is 0 Å². The molecule has 1 spiro atoms. The Morgan fingerprint density at radius 3 is 2.95 bits per heavy atom. The number of benzene rings is 1. The van der Waals surface area contributed by atoms with Crippen LogP contribution in [0.15, 0.2) is 35.5 Å². The van der Waals surface area contributed by atoms with Gasteiger partial charge in [-0.25, -0.2) is 0 Å². The maximum Gasteiger partial charge on any atom is 0.118 e. The van der Waals surface area contributed by atoms with Gasteiger partial charge < -0.3 is 10.2 Å². The van der Waals surface area contributed by atoms with Crippen molar-refractivity contribution in [3.05, 3.63) is 35.5 Å². The number of para-hydroxylation sites is 2. The van der Waals surface area contributed by atoms with E-state index in [-0.39, 0.29) is 5.66 Å². The van der Waals surface area contributed by atoms with E-state index in [1.807, 2.05) is 0 Å². The molecule has 1 fully saturated rings. The molecule has 21 heavy (non-hydrogen) atoms. The highest BCUT2D eigenvalue weighted by Gasteiger charge is 2.54. The Morgan fingerprint density at radius 1 is 1.05 bits per heavy atom. The highest BCUT2D eigenvalue weighted by Crippen LogP contribution is 2.57. The number of anilines is 2. The van der Waals surface area contributed by atoms with Gasteiger partial charge in [-0.2, -0.15) is 0 Å². The fourth-order valence-corrected chi connectivity index (χ4v) is 5.36. The van der Waals surface area contributed by atoms with Gasteiger partial charge in [0.05, 0.1) is 11.4 Å². The summed E-state index contributed by atoms with van der Waals surface area (Å²) < 4.78 is 0. The molecule has 2 atom stereocenters. The van der Waals surface area contributed by atoms with Crippen molar-refractivity contribution in [1.29, 1.82) is 0 Å². The molecule has 110 valence electrons. The van der Waals surface area contributed by atoms with Crippen LogP contribution in [0.3, 0.4) is 0 Å². The summed E-state index contributed by atoms with van der Waals surface area (Å²) >= 11 is 0. The van der Waals surface area contributed by atoms with Gasteiger partial charge in [0.25, 0.3) is 0 Å². The molecule has 4 aliphatic rings. The second-order valence-electron chi connectivity index (χ2n) is 7.31. The van der Waals surface area contributed by atoms with Crippen LogP contribution >= 0.6 is 0 Å². The second-order valence-corrected chi connectivity index (χ2v) is 7.31. The summed E-state index contributed by atoms with van der Waals surface area (Å²) in [6, 6.07) is 8.98. The summed E-state index contributed by atoms with van der Waals surface area (Å²) in [6.45, 7) is 0. The maximum absolute atomic E-state index is 3.98. The first-order valence-corrected chi connectivity index (χ1v) is 8.77. The Balaban J connectivity index is 1.72. The van der Waals surface area contributed by atoms with E-state index in [1.54, 1.807) is 11.3 Å². The number of allylic oxidation sites excluding steroid dienone is 2. The third kappa shape index (κ3) is 1.54. The first-order chi connectivity index (χ1) is 10.4. The zero-order valence-corrected chi connectivity index (χ0v) is 12.7. The van der Waals surface area contributed by atoms with E-state index in [2.05, 4.69) is 34.5 Å². The van der Waals surface area contributed by atoms with Crippen molar-refractivity contribution < 1.29 is 0 Å². The number of nitrogens with zero attached hydrogens (tertiary/aromatic N) is 1. The number of fused-ring (bicyclic) bond motifs is 3. The molecule has 1 aromatic carbocycles. The topological polar surface area (TPSA) is 15.3 Å². The summed E-state index contributed by atoms with van der Waals surface area (Å²) in [4.78, 5) is 2.75. The standard InChI is InChI=1S/C19H24N2/c1-3-10-17-14(7-1)13-15-8-5-6-12-19(15)20-16-9-2-4-11-18(16)21(17)19/h2,4,9,11,15,20H,1,3,5-8,10,12-13H2/t15-,19-/m1/s1. The molecule has 0 unspecified atom stereocenters. The van der Waals surface area contributed by atoms with Gasteiger partial charge in [-0.15, -0.1) is 0 Å². The lowest BCUT2D eigenvalue weighted by Gasteiger charge is -2.54. The molecule has 1 aromatic rings. The van der Waals surface area contributed by atoms with Crippen molar-refractivity contribution in [2.24, 2.45) is 5.92 Å². The van der Waals surface area contributed by atoms with Crippen LogP contribution < -0.4 is 10.2 Å². The predicted octanol–water partition coefficient (Wildman–Crippen LogP) is 5.04. The molecule has 0 amide bonds. The fourth-order valence-electron chi connectivity index (χ4n) is 5.36. The molecule has 0 bridgehead atoms. The molecule has 1 N–H and O–H groups in total. The van der Waals surface area contributed by atoms with Crippen molar-refractivity contribution in [2.75, 3.05) is 10.2 Å². The van der Waals surface area contributed by atoms with Gasteiger partial charge in [0.15, 0.2) is 0 Å². The first kappa shape index (κ1) is 12.1. The van der Waals surface area contributed by atoms with Gasteiger partial charge in [0, 0.05) is 11.6 Å². The van der Waals surface area contributed by atoms with Gasteiger partial charge in [0.2, 0.25) is 0 Å². The van der Waals surface area contributed by atoms with E-state index in [9.17, 15) is 0 Å². The van der Waals surface area contributed by atoms with Crippen LogP contribution in [0.4, 0.5) is 11.4 Å². The minimum absolute atomic E-state index is 0.206. The van der Waals surface area contributed by atoms with Crippen LogP contribution in [0.5, 0.6) is 0 Å². The van der Waals surface area contributed by atoms with E-state index in [0.717, 1.165) is 5.92 Å². The average molecular weight is 280 g/mol. The third-order valence-corrected chi connectivity index (χ3v) is 6.24. The Bertz CT molecular complexity index is 618. The fraction of sp³-hybridized carbons (Fsp3) is 0.579. The van der Waals surface area contributed by atoms with Gasteiger partial charge in [-0.3, -0.25) is 0 Å². The monoisotopic (exact) mass is 280 g/mol. The Morgan fingerprint density at radius 2 is 1.95 bits per heavy atom. The Kier molecular flexibility index (Phi) is 2.47. The molecule has 2 aliphatic heterocycles. The third-order valence-electron chi connectivity index (χ3n) is 6.24. The smallest absolute Gasteiger partial charge is 0.118 e. The van der Waals surface area contributed by atoms with Gasteiger partial charge in [-0.1, -0.05) is 24.1 Å². The zero-order valence-electron chi connectivity index (χ0n) is 12.7. The summed E-state index contributed by atoms with van der Waals surface area (Å²) in [7, 11) is 0. The first-order valence-electron chi connectivity index (χ1n) is 8.77. The minimum Gasteiger partial charge on any atom is -0.360 e. The average Bonchev–Trinajstić information content (AvgIpc) is 2.87. The van der Waals surface area contributed by atoms with Crippen LogP contribution in [-0.4, -0.2) is 5.66 Å². The van der Waals surface area contributed by atoms with Crippen molar-refractivity contribution >= 4 is 11.4 Å². The van der Waals surface area contributed by atoms with E-state index in [4.69, 9.17) is 0 Å². The molecule has 0 saturated heterocycles. The molecule has 2 heterocycles. The molecule has 1 saturated carbocycles. The van der Waals surface area contributed by atoms with Crippen molar-refractivity contribution in [3.8, 4) is 0 Å². The van der Waals surface area contributed by atoms with E-state index >= 15 is 0 Å². The SMILES string of the molecule is c1ccc2c(c1)N[C@@]13CCCC[C@@H]1CC1=C(CCCC1)N23. The molecular weight excluding hydrogens is 256 g/mol. The normalized spacial score (nSPS) is 33.7. The van der Waals surface area contributed by atoms with Crippen LogP contribution in [0.1, 0.15) is 57.8 Å². The van der Waals surface area contributed by atoms with E-state index in [1.165, 1.54) is 69.2 Å². The Labute approximate surface area is 127 Å². The van der Waals surface area contributed by atoms with Gasteiger partial charge in [0.1, 0.15) is 5.66 Å². The minimum atomic E-state index is 0.206. The van der Waals surface area contributed by atoms with Gasteiger partial charge in [-0.05, 0) is 63.5 Å². The number of rotatable bonds is 0. The van der Waals surface area contributed by atoms with Gasteiger partial charge >= 0.3 is 0 Å². The lowest BCUT2D eigenvalue weighted by Crippen LogP contribution is -2.60. The highest BCUT2D eigenvalue weighted by molar-refractivity contribution is 5.81. The molecule has 5 rings (SSSR count). The quantitative estimate of drug-likeness (QED) is 0.716. The largest absolute Gasteiger partial charge is 0.360 e. The molecule has 2 heteroatoms. The summed E-state index contributed by atoms with van der Waals surface area (Å²) in [5.41, 5.74) is 6.47. The van der Waals surface area contributed by atoms with E-state index < -0.39 is 0 Å². The highest BCUT2D eigenvalue weighted by atomic mass is 15.4. The maximum atomic E-state index is 3.98. The van der Waals surface area contributed by atoms with Crippen LogP contribution in [-0.2, 0) is 0 Å². The summed E-state index contributed by atoms with van der Waals surface area (Å²) in [6.07, 6.45) is 12.3. The summed E-state index contributed by atoms with van der Waals surface area (Å²) in [5, 5.41) is 3.98. The van der Waals surface area contributed by atoms with Crippen molar-refractivity contribution in [2.45, 2.75) is 63.5 Å². The molecule has 2 aliphatic carbocycles. The molecule has 2 nitrogen and oxygen atoms in total.